The molecule has 1 aliphatic carbocycles. The number of aromatic nitrogens is 2. The second-order valence-corrected chi connectivity index (χ2v) is 4.25. The topological polar surface area (TPSA) is 64.9 Å². The van der Waals surface area contributed by atoms with E-state index in [1.807, 2.05) is 6.92 Å². The van der Waals surface area contributed by atoms with E-state index >= 15 is 0 Å². The van der Waals surface area contributed by atoms with E-state index in [1.54, 1.807) is 0 Å². The highest BCUT2D eigenvalue weighted by molar-refractivity contribution is 4.96. The molecule has 4 nitrogen and oxygen atoms in total. The van der Waals surface area contributed by atoms with Crippen molar-refractivity contribution in [2.75, 3.05) is 0 Å². The summed E-state index contributed by atoms with van der Waals surface area (Å²) < 4.78 is 5.52. The molecule has 1 aliphatic rings. The maximum Gasteiger partial charge on any atom is 0.232 e. The van der Waals surface area contributed by atoms with Gasteiger partial charge in [0.15, 0.2) is 0 Å². The van der Waals surface area contributed by atoms with Crippen LogP contribution in [0.4, 0.5) is 0 Å². The zero-order valence-electron chi connectivity index (χ0n) is 8.73. The van der Waals surface area contributed by atoms with E-state index in [-0.39, 0.29) is 6.04 Å². The number of hydrogen-bond donors (Lipinski definition) is 1. The van der Waals surface area contributed by atoms with Gasteiger partial charge in [-0.3, -0.25) is 0 Å². The number of hydrogen-bond acceptors (Lipinski definition) is 4. The molecule has 2 rings (SSSR count). The molecule has 2 N–H and O–H groups in total. The molecule has 1 aromatic rings. The fourth-order valence-corrected chi connectivity index (χ4v) is 1.76. The van der Waals surface area contributed by atoms with Gasteiger partial charge in [0.1, 0.15) is 0 Å². The van der Waals surface area contributed by atoms with Crippen LogP contribution in [0.25, 0.3) is 0 Å². The van der Waals surface area contributed by atoms with Crippen molar-refractivity contribution in [3.05, 3.63) is 11.8 Å². The van der Waals surface area contributed by atoms with Crippen LogP contribution in [0.2, 0.25) is 0 Å². The van der Waals surface area contributed by atoms with Gasteiger partial charge in [-0.1, -0.05) is 13.3 Å². The Morgan fingerprint density at radius 3 is 2.36 bits per heavy atom. The summed E-state index contributed by atoms with van der Waals surface area (Å²) in [5.41, 5.74) is 5.65. The third-order valence-electron chi connectivity index (χ3n) is 3.09. The first kappa shape index (κ1) is 9.65. The number of rotatable bonds is 3. The maximum atomic E-state index is 5.65. The predicted octanol–water partition coefficient (Wildman–Crippen LogP) is 1.99. The third-order valence-corrected chi connectivity index (χ3v) is 3.09. The maximum absolute atomic E-state index is 5.65. The standard InChI is InChI=1S/C10H17N3O/c1-6(8-4-3-5-8)9-12-13-10(14-9)7(2)11/h6-8H,3-5,11H2,1-2H3. The van der Waals surface area contributed by atoms with Gasteiger partial charge in [0.25, 0.3) is 0 Å². The van der Waals surface area contributed by atoms with Crippen LogP contribution in [-0.2, 0) is 0 Å². The predicted molar refractivity (Wildman–Crippen MR) is 52.7 cm³/mol. The SMILES string of the molecule is CC(N)c1nnc(C(C)C2CCC2)o1. The summed E-state index contributed by atoms with van der Waals surface area (Å²) in [6.45, 7) is 4.01. The van der Waals surface area contributed by atoms with E-state index in [2.05, 4.69) is 17.1 Å². The minimum absolute atomic E-state index is 0.162. The van der Waals surface area contributed by atoms with Crippen molar-refractivity contribution >= 4 is 0 Å². The first-order chi connectivity index (χ1) is 6.68. The molecule has 1 heterocycles. The molecule has 0 spiro atoms. The first-order valence-electron chi connectivity index (χ1n) is 5.27. The van der Waals surface area contributed by atoms with Crippen LogP contribution in [0.3, 0.4) is 0 Å². The van der Waals surface area contributed by atoms with Crippen LogP contribution in [0.1, 0.15) is 56.9 Å². The summed E-state index contributed by atoms with van der Waals surface area (Å²) in [7, 11) is 0. The highest BCUT2D eigenvalue weighted by atomic mass is 16.4. The molecule has 0 radical (unpaired) electrons. The Bertz CT molecular complexity index is 304. The van der Waals surface area contributed by atoms with E-state index in [4.69, 9.17) is 10.2 Å². The van der Waals surface area contributed by atoms with Crippen molar-refractivity contribution in [2.24, 2.45) is 11.7 Å². The third kappa shape index (κ3) is 1.66. The van der Waals surface area contributed by atoms with Gasteiger partial charge in [-0.05, 0) is 25.7 Å². The lowest BCUT2D eigenvalue weighted by Gasteiger charge is -2.29. The Morgan fingerprint density at radius 2 is 1.93 bits per heavy atom. The summed E-state index contributed by atoms with van der Waals surface area (Å²) in [4.78, 5) is 0. The van der Waals surface area contributed by atoms with Gasteiger partial charge in [-0.2, -0.15) is 0 Å². The van der Waals surface area contributed by atoms with Crippen LogP contribution in [0, 0.1) is 5.92 Å². The summed E-state index contributed by atoms with van der Waals surface area (Å²) >= 11 is 0. The molecular weight excluding hydrogens is 178 g/mol. The van der Waals surface area contributed by atoms with Gasteiger partial charge in [0.05, 0.1) is 6.04 Å². The summed E-state index contributed by atoms with van der Waals surface area (Å²) in [6, 6.07) is -0.162. The Hall–Kier alpha value is -0.900. The molecule has 4 heteroatoms. The molecule has 0 bridgehead atoms. The van der Waals surface area contributed by atoms with E-state index in [9.17, 15) is 0 Å². The normalized spacial score (nSPS) is 21.6. The Kier molecular flexibility index (Phi) is 2.54. The number of nitrogens with two attached hydrogens (primary N) is 1. The second kappa shape index (κ2) is 3.69. The molecule has 0 aromatic carbocycles. The molecule has 78 valence electrons. The van der Waals surface area contributed by atoms with Crippen LogP contribution >= 0.6 is 0 Å². The van der Waals surface area contributed by atoms with Gasteiger partial charge >= 0.3 is 0 Å². The Labute approximate surface area is 83.9 Å². The average Bonchev–Trinajstić information content (AvgIpc) is 2.48. The molecule has 0 saturated heterocycles. The van der Waals surface area contributed by atoms with Crippen molar-refractivity contribution < 1.29 is 4.42 Å². The zero-order chi connectivity index (χ0) is 10.1. The second-order valence-electron chi connectivity index (χ2n) is 4.25. The monoisotopic (exact) mass is 195 g/mol. The zero-order valence-corrected chi connectivity index (χ0v) is 8.73. The lowest BCUT2D eigenvalue weighted by atomic mass is 9.77. The lowest BCUT2D eigenvalue weighted by molar-refractivity contribution is 0.240. The highest BCUT2D eigenvalue weighted by Crippen LogP contribution is 2.38. The minimum Gasteiger partial charge on any atom is -0.423 e. The van der Waals surface area contributed by atoms with Crippen LogP contribution in [0.15, 0.2) is 4.42 Å². The average molecular weight is 195 g/mol. The molecule has 14 heavy (non-hydrogen) atoms. The van der Waals surface area contributed by atoms with Crippen LogP contribution < -0.4 is 5.73 Å². The molecule has 0 amide bonds. The first-order valence-corrected chi connectivity index (χ1v) is 5.27. The van der Waals surface area contributed by atoms with Gasteiger partial charge in [0.2, 0.25) is 11.8 Å². The summed E-state index contributed by atoms with van der Waals surface area (Å²) in [5.74, 6) is 2.42. The van der Waals surface area contributed by atoms with Gasteiger partial charge in [-0.15, -0.1) is 10.2 Å². The molecule has 2 atom stereocenters. The van der Waals surface area contributed by atoms with Gasteiger partial charge in [-0.25, -0.2) is 0 Å². The summed E-state index contributed by atoms with van der Waals surface area (Å²) in [5, 5.41) is 7.98. The van der Waals surface area contributed by atoms with Gasteiger partial charge < -0.3 is 10.2 Å². The largest absolute Gasteiger partial charge is 0.423 e. The smallest absolute Gasteiger partial charge is 0.232 e. The molecule has 1 saturated carbocycles. The van der Waals surface area contributed by atoms with E-state index in [0.717, 1.165) is 11.8 Å². The van der Waals surface area contributed by atoms with Crippen molar-refractivity contribution in [2.45, 2.75) is 45.1 Å². The quantitative estimate of drug-likeness (QED) is 0.801. The minimum atomic E-state index is -0.162. The van der Waals surface area contributed by atoms with Crippen LogP contribution in [0.5, 0.6) is 0 Å². The highest BCUT2D eigenvalue weighted by Gasteiger charge is 2.28. The van der Waals surface area contributed by atoms with E-state index in [1.165, 1.54) is 19.3 Å². The van der Waals surface area contributed by atoms with E-state index in [0.29, 0.717) is 11.8 Å². The van der Waals surface area contributed by atoms with E-state index < -0.39 is 0 Å². The molecule has 1 fully saturated rings. The van der Waals surface area contributed by atoms with Crippen molar-refractivity contribution in [3.8, 4) is 0 Å². The fraction of sp³-hybridized carbons (Fsp3) is 0.800. The van der Waals surface area contributed by atoms with Crippen molar-refractivity contribution in [1.29, 1.82) is 0 Å². The van der Waals surface area contributed by atoms with Crippen LogP contribution in [-0.4, -0.2) is 10.2 Å². The summed E-state index contributed by atoms with van der Waals surface area (Å²) in [6.07, 6.45) is 3.91. The molecule has 2 unspecified atom stereocenters. The lowest BCUT2D eigenvalue weighted by Crippen LogP contribution is -2.18. The molecular formula is C10H17N3O. The Balaban J connectivity index is 2.07. The fourth-order valence-electron chi connectivity index (χ4n) is 1.76. The molecule has 1 aromatic heterocycles. The van der Waals surface area contributed by atoms with Crippen molar-refractivity contribution in [1.82, 2.24) is 10.2 Å². The van der Waals surface area contributed by atoms with Gasteiger partial charge in [0, 0.05) is 5.92 Å². The molecule has 0 aliphatic heterocycles. The van der Waals surface area contributed by atoms with Crippen molar-refractivity contribution in [3.63, 3.8) is 0 Å². The number of nitrogens with zero attached hydrogens (tertiary/aromatic N) is 2. The Morgan fingerprint density at radius 1 is 1.29 bits per heavy atom.